The molecule has 8 heteroatoms. The third kappa shape index (κ3) is 5.24. The number of rotatable bonds is 9. The molecule has 2 saturated heterocycles. The number of esters is 2. The highest BCUT2D eigenvalue weighted by Gasteiger charge is 2.61. The maximum Gasteiger partial charge on any atom is 0.326 e. The molecule has 2 aliphatic rings. The number of carbonyl (C=O) groups is 2. The third-order valence-electron chi connectivity index (χ3n) is 7.76. The van der Waals surface area contributed by atoms with Crippen molar-refractivity contribution in [1.82, 2.24) is 5.06 Å². The molecule has 0 bridgehead atoms. The maximum absolute atomic E-state index is 13.3. The van der Waals surface area contributed by atoms with Crippen molar-refractivity contribution in [2.45, 2.75) is 57.5 Å². The van der Waals surface area contributed by atoms with Crippen LogP contribution in [0.25, 0.3) is 0 Å². The first-order chi connectivity index (χ1) is 19.3. The SMILES string of the molecule is CCOC(=O)C1[C@H]2C(=O)O[C@H](CO[Si](c3ccccc3)(c3ccccc3)C(C)(C)C)[C@H]2ON1Cc1ccccc1. The molecule has 0 spiro atoms. The molecule has 0 N–H and O–H groups in total. The average molecular weight is 560 g/mol. The van der Waals surface area contributed by atoms with E-state index in [-0.39, 0.29) is 18.3 Å². The molecule has 3 aromatic rings. The summed E-state index contributed by atoms with van der Waals surface area (Å²) < 4.78 is 18.3. The molecular formula is C32H37NO6Si. The summed E-state index contributed by atoms with van der Waals surface area (Å²) in [6.45, 7) is 9.05. The van der Waals surface area contributed by atoms with Gasteiger partial charge in [0.2, 0.25) is 0 Å². The van der Waals surface area contributed by atoms with Crippen LogP contribution in [0.3, 0.4) is 0 Å². The van der Waals surface area contributed by atoms with Crippen LogP contribution >= 0.6 is 0 Å². The molecule has 2 aliphatic heterocycles. The fourth-order valence-corrected chi connectivity index (χ4v) is 10.6. The molecule has 7 nitrogen and oxygen atoms in total. The van der Waals surface area contributed by atoms with Crippen molar-refractivity contribution in [1.29, 1.82) is 0 Å². The molecule has 2 fully saturated rings. The predicted octanol–water partition coefficient (Wildman–Crippen LogP) is 3.85. The molecule has 2 heterocycles. The zero-order valence-corrected chi connectivity index (χ0v) is 24.5. The van der Waals surface area contributed by atoms with Crippen LogP contribution in [0.15, 0.2) is 91.0 Å². The number of nitrogens with zero attached hydrogens (tertiary/aromatic N) is 1. The molecule has 5 rings (SSSR count). The summed E-state index contributed by atoms with van der Waals surface area (Å²) in [6, 6.07) is 29.5. The van der Waals surface area contributed by atoms with E-state index in [0.717, 1.165) is 15.9 Å². The van der Waals surface area contributed by atoms with Gasteiger partial charge in [0.05, 0.1) is 19.8 Å². The van der Waals surface area contributed by atoms with Crippen LogP contribution in [0.4, 0.5) is 0 Å². The number of cyclic esters (lactones) is 1. The van der Waals surface area contributed by atoms with Crippen molar-refractivity contribution in [2.24, 2.45) is 5.92 Å². The minimum absolute atomic E-state index is 0.148. The lowest BCUT2D eigenvalue weighted by atomic mass is 9.94. The summed E-state index contributed by atoms with van der Waals surface area (Å²) in [5.41, 5.74) is 0.963. The first-order valence-electron chi connectivity index (χ1n) is 13.9. The lowest BCUT2D eigenvalue weighted by Crippen LogP contribution is -2.67. The summed E-state index contributed by atoms with van der Waals surface area (Å²) in [5.74, 6) is -1.75. The van der Waals surface area contributed by atoms with Crippen molar-refractivity contribution in [3.8, 4) is 0 Å². The van der Waals surface area contributed by atoms with Gasteiger partial charge in [-0.2, -0.15) is 5.06 Å². The first kappa shape index (κ1) is 28.2. The van der Waals surface area contributed by atoms with E-state index in [1.165, 1.54) is 0 Å². The Bertz CT molecular complexity index is 1260. The second kappa shape index (κ2) is 11.7. The van der Waals surface area contributed by atoms with Gasteiger partial charge in [-0.1, -0.05) is 112 Å². The van der Waals surface area contributed by atoms with Crippen molar-refractivity contribution >= 4 is 30.6 Å². The summed E-state index contributed by atoms with van der Waals surface area (Å²) in [5, 5.41) is 3.62. The van der Waals surface area contributed by atoms with Gasteiger partial charge in [0, 0.05) is 0 Å². The number of fused-ring (bicyclic) bond motifs is 1. The molecule has 210 valence electrons. The van der Waals surface area contributed by atoms with E-state index in [1.807, 2.05) is 66.7 Å². The van der Waals surface area contributed by atoms with E-state index in [0.29, 0.717) is 6.54 Å². The second-order valence-corrected chi connectivity index (χ2v) is 15.6. The molecule has 3 aromatic carbocycles. The highest BCUT2D eigenvalue weighted by Crippen LogP contribution is 2.41. The Morgan fingerprint density at radius 3 is 1.98 bits per heavy atom. The van der Waals surface area contributed by atoms with Crippen molar-refractivity contribution < 1.29 is 28.3 Å². The van der Waals surface area contributed by atoms with Crippen molar-refractivity contribution in [3.63, 3.8) is 0 Å². The first-order valence-corrected chi connectivity index (χ1v) is 15.8. The van der Waals surface area contributed by atoms with Crippen LogP contribution in [-0.2, 0) is 34.9 Å². The molecule has 4 atom stereocenters. The van der Waals surface area contributed by atoms with Crippen molar-refractivity contribution in [3.05, 3.63) is 96.6 Å². The number of hydrogen-bond donors (Lipinski definition) is 0. The maximum atomic E-state index is 13.3. The van der Waals surface area contributed by atoms with Crippen LogP contribution in [0.2, 0.25) is 5.04 Å². The van der Waals surface area contributed by atoms with Gasteiger partial charge in [0.15, 0.2) is 6.10 Å². The van der Waals surface area contributed by atoms with E-state index in [4.69, 9.17) is 18.7 Å². The molecule has 1 unspecified atom stereocenters. The Labute approximate surface area is 237 Å². The van der Waals surface area contributed by atoms with E-state index in [9.17, 15) is 9.59 Å². The quantitative estimate of drug-likeness (QED) is 0.291. The Balaban J connectivity index is 1.46. The monoisotopic (exact) mass is 559 g/mol. The minimum atomic E-state index is -2.86. The number of hydroxylamine groups is 2. The Morgan fingerprint density at radius 2 is 1.45 bits per heavy atom. The van der Waals surface area contributed by atoms with Crippen LogP contribution in [-0.4, -0.2) is 56.8 Å². The van der Waals surface area contributed by atoms with E-state index < -0.39 is 44.4 Å². The van der Waals surface area contributed by atoms with Gasteiger partial charge < -0.3 is 13.9 Å². The fourth-order valence-electron chi connectivity index (χ4n) is 5.99. The molecule has 0 saturated carbocycles. The van der Waals surface area contributed by atoms with Gasteiger partial charge in [0.1, 0.15) is 18.1 Å². The van der Waals surface area contributed by atoms with Crippen LogP contribution in [0, 0.1) is 5.92 Å². The third-order valence-corrected chi connectivity index (χ3v) is 12.8. The molecular weight excluding hydrogens is 522 g/mol. The lowest BCUT2D eigenvalue weighted by molar-refractivity contribution is -0.204. The van der Waals surface area contributed by atoms with E-state index in [2.05, 4.69) is 45.0 Å². The standard InChI is InChI=1S/C32H37NO6Si/c1-5-36-31(35)28-27-29(39-33(28)21-23-15-9-6-10-16-23)26(38-30(27)34)22-37-40(32(2,3)4,24-17-11-7-12-18-24)25-19-13-8-14-20-25/h6-20,26-29H,5,21-22H2,1-4H3/t26-,27-,28?,29-/m1/s1. The summed E-state index contributed by atoms with van der Waals surface area (Å²) >= 11 is 0. The smallest absolute Gasteiger partial charge is 0.326 e. The Hall–Kier alpha value is -3.30. The van der Waals surface area contributed by atoms with Gasteiger partial charge in [-0.3, -0.25) is 14.4 Å². The van der Waals surface area contributed by atoms with Gasteiger partial charge >= 0.3 is 11.9 Å². The summed E-state index contributed by atoms with van der Waals surface area (Å²) in [6.07, 6.45) is -1.33. The predicted molar refractivity (Wildman–Crippen MR) is 154 cm³/mol. The lowest BCUT2D eigenvalue weighted by Gasteiger charge is -2.43. The van der Waals surface area contributed by atoms with Crippen molar-refractivity contribution in [2.75, 3.05) is 13.2 Å². The highest BCUT2D eigenvalue weighted by molar-refractivity contribution is 6.99. The van der Waals surface area contributed by atoms with Crippen LogP contribution in [0.1, 0.15) is 33.3 Å². The Kier molecular flexibility index (Phi) is 8.23. The van der Waals surface area contributed by atoms with Crippen LogP contribution < -0.4 is 10.4 Å². The highest BCUT2D eigenvalue weighted by atomic mass is 28.4. The Morgan fingerprint density at radius 1 is 0.900 bits per heavy atom. The minimum Gasteiger partial charge on any atom is -0.465 e. The molecule has 0 amide bonds. The zero-order chi connectivity index (χ0) is 28.3. The molecule has 0 radical (unpaired) electrons. The van der Waals surface area contributed by atoms with Gasteiger partial charge in [-0.25, -0.2) is 0 Å². The molecule has 0 aliphatic carbocycles. The number of carbonyl (C=O) groups excluding carboxylic acids is 2. The molecule has 40 heavy (non-hydrogen) atoms. The molecule has 0 aromatic heterocycles. The van der Waals surface area contributed by atoms with Gasteiger partial charge in [0.25, 0.3) is 8.32 Å². The summed E-state index contributed by atoms with van der Waals surface area (Å²) in [4.78, 5) is 32.7. The normalized spacial score (nSPS) is 23.1. The number of benzene rings is 3. The van der Waals surface area contributed by atoms with E-state index >= 15 is 0 Å². The second-order valence-electron chi connectivity index (χ2n) is 11.3. The topological polar surface area (TPSA) is 74.3 Å². The zero-order valence-electron chi connectivity index (χ0n) is 23.5. The number of ether oxygens (including phenoxy) is 2. The van der Waals surface area contributed by atoms with Crippen LogP contribution in [0.5, 0.6) is 0 Å². The fraction of sp³-hybridized carbons (Fsp3) is 0.375. The van der Waals surface area contributed by atoms with Gasteiger partial charge in [-0.05, 0) is 27.9 Å². The van der Waals surface area contributed by atoms with E-state index in [1.54, 1.807) is 12.0 Å². The number of hydrogen-bond acceptors (Lipinski definition) is 7. The largest absolute Gasteiger partial charge is 0.465 e. The summed E-state index contributed by atoms with van der Waals surface area (Å²) in [7, 11) is -2.86. The average Bonchev–Trinajstić information content (AvgIpc) is 3.47. The van der Waals surface area contributed by atoms with Gasteiger partial charge in [-0.15, -0.1) is 0 Å².